The van der Waals surface area contributed by atoms with Crippen LogP contribution in [-0.4, -0.2) is 23.1 Å². The number of aliphatic carboxylic acids is 1. The van der Waals surface area contributed by atoms with Gasteiger partial charge in [0.2, 0.25) is 0 Å². The average molecular weight is 733 g/mol. The summed E-state index contributed by atoms with van der Waals surface area (Å²) in [5.74, 6) is -0.616. The second kappa shape index (κ2) is 44.1. The van der Waals surface area contributed by atoms with Crippen LogP contribution < -0.4 is 0 Å². The molecule has 0 aliphatic carbocycles. The highest BCUT2D eigenvalue weighted by molar-refractivity contribution is 5.69. The number of allylic oxidation sites excluding steroid dienone is 2. The second-order valence-electron chi connectivity index (χ2n) is 16.3. The summed E-state index contributed by atoms with van der Waals surface area (Å²) >= 11 is 0. The Kier molecular flexibility index (Phi) is 43.0. The van der Waals surface area contributed by atoms with Crippen molar-refractivity contribution in [3.8, 4) is 0 Å². The summed E-state index contributed by atoms with van der Waals surface area (Å²) in [7, 11) is 0. The minimum atomic E-state index is -0.664. The summed E-state index contributed by atoms with van der Waals surface area (Å²) in [6.45, 7) is 4.54. The summed E-state index contributed by atoms with van der Waals surface area (Å²) in [5.41, 5.74) is 0. The van der Waals surface area contributed by atoms with Crippen LogP contribution in [0.2, 0.25) is 0 Å². The van der Waals surface area contributed by atoms with Crippen molar-refractivity contribution < 1.29 is 19.4 Å². The van der Waals surface area contributed by atoms with Crippen LogP contribution in [0.3, 0.4) is 0 Å². The molecule has 0 heterocycles. The molecular weight excluding hydrogens is 641 g/mol. The third-order valence-electron chi connectivity index (χ3n) is 11.0. The Morgan fingerprint density at radius 3 is 1.06 bits per heavy atom. The van der Waals surface area contributed by atoms with Gasteiger partial charge in [0.25, 0.3) is 0 Å². The fourth-order valence-corrected chi connectivity index (χ4v) is 7.48. The first-order valence-electron chi connectivity index (χ1n) is 23.7. The number of hydrogen-bond donors (Lipinski definition) is 1. The smallest absolute Gasteiger partial charge is 0.306 e. The molecule has 0 spiro atoms. The molecule has 0 amide bonds. The summed E-state index contributed by atoms with van der Waals surface area (Å²) in [4.78, 5) is 23.2. The van der Waals surface area contributed by atoms with E-state index in [1.807, 2.05) is 0 Å². The van der Waals surface area contributed by atoms with E-state index < -0.39 is 5.97 Å². The van der Waals surface area contributed by atoms with E-state index in [4.69, 9.17) is 9.84 Å². The number of unbranched alkanes of at least 4 members (excludes halogenated alkanes) is 33. The number of ether oxygens (including phenoxy) is 1. The monoisotopic (exact) mass is 733 g/mol. The maximum atomic E-state index is 12.7. The van der Waals surface area contributed by atoms with E-state index in [0.717, 1.165) is 32.1 Å². The maximum absolute atomic E-state index is 12.7. The van der Waals surface area contributed by atoms with Crippen molar-refractivity contribution in [1.82, 2.24) is 0 Å². The topological polar surface area (TPSA) is 63.6 Å². The number of rotatable bonds is 44. The van der Waals surface area contributed by atoms with E-state index in [9.17, 15) is 9.59 Å². The quantitative estimate of drug-likeness (QED) is 0.0385. The Labute approximate surface area is 325 Å². The van der Waals surface area contributed by atoms with E-state index >= 15 is 0 Å². The van der Waals surface area contributed by atoms with Gasteiger partial charge in [-0.3, -0.25) is 9.59 Å². The van der Waals surface area contributed by atoms with Gasteiger partial charge in [-0.25, -0.2) is 0 Å². The first kappa shape index (κ1) is 50.7. The van der Waals surface area contributed by atoms with Gasteiger partial charge in [0.15, 0.2) is 0 Å². The van der Waals surface area contributed by atoms with Crippen molar-refractivity contribution >= 4 is 11.9 Å². The van der Waals surface area contributed by atoms with Gasteiger partial charge >= 0.3 is 11.9 Å². The Bertz CT molecular complexity index is 747. The van der Waals surface area contributed by atoms with Gasteiger partial charge in [-0.2, -0.15) is 0 Å². The van der Waals surface area contributed by atoms with Gasteiger partial charge in [-0.15, -0.1) is 0 Å². The van der Waals surface area contributed by atoms with Crippen LogP contribution in [0.1, 0.15) is 277 Å². The molecule has 4 heteroatoms. The molecule has 0 bridgehead atoms. The zero-order valence-corrected chi connectivity index (χ0v) is 35.4. The maximum Gasteiger partial charge on any atom is 0.306 e. The minimum Gasteiger partial charge on any atom is -0.481 e. The number of esters is 1. The van der Waals surface area contributed by atoms with Crippen molar-refractivity contribution in [2.45, 2.75) is 283 Å². The molecule has 1 N–H and O–H groups in total. The van der Waals surface area contributed by atoms with E-state index in [1.54, 1.807) is 0 Å². The van der Waals surface area contributed by atoms with Crippen LogP contribution in [0.15, 0.2) is 12.2 Å². The summed E-state index contributed by atoms with van der Waals surface area (Å²) in [6, 6.07) is 0. The second-order valence-corrected chi connectivity index (χ2v) is 16.3. The summed E-state index contributed by atoms with van der Waals surface area (Å²) in [5, 5.41) is 8.69. The first-order chi connectivity index (χ1) is 25.6. The van der Waals surface area contributed by atoms with Crippen molar-refractivity contribution in [3.63, 3.8) is 0 Å². The van der Waals surface area contributed by atoms with Gasteiger partial charge < -0.3 is 9.84 Å². The van der Waals surface area contributed by atoms with Crippen molar-refractivity contribution in [2.75, 3.05) is 0 Å². The lowest BCUT2D eigenvalue weighted by Crippen LogP contribution is -2.18. The molecular formula is C48H92O4. The first-order valence-corrected chi connectivity index (χ1v) is 23.7. The van der Waals surface area contributed by atoms with Crippen LogP contribution >= 0.6 is 0 Å². The number of hydrogen-bond acceptors (Lipinski definition) is 3. The molecule has 4 nitrogen and oxygen atoms in total. The Morgan fingerprint density at radius 1 is 0.404 bits per heavy atom. The predicted octanol–water partition coefficient (Wildman–Crippen LogP) is 16.6. The molecule has 0 fully saturated rings. The van der Waals surface area contributed by atoms with E-state index in [0.29, 0.717) is 12.8 Å². The van der Waals surface area contributed by atoms with E-state index in [-0.39, 0.29) is 12.1 Å². The van der Waals surface area contributed by atoms with Crippen LogP contribution in [-0.2, 0) is 14.3 Å². The SMILES string of the molecule is CCCCCCCC/C=C\CCCCCCCCCCCCCC(=O)OC(CCCCCC)CCCCCCCCCCCCCCCCC(=O)O. The third-order valence-corrected chi connectivity index (χ3v) is 11.0. The van der Waals surface area contributed by atoms with Crippen LogP contribution in [0.4, 0.5) is 0 Å². The standard InChI is InChI=1S/C48H92O4/c1-3-5-7-9-10-11-12-13-14-15-16-17-18-19-20-25-28-31-34-37-41-45-48(51)52-46(42-38-8-6-4-2)43-39-35-32-29-26-23-21-22-24-27-30-33-36-40-44-47(49)50/h13-14,46H,3-12,15-45H2,1-2H3,(H,49,50)/b14-13-. The molecule has 308 valence electrons. The predicted molar refractivity (Wildman–Crippen MR) is 227 cm³/mol. The van der Waals surface area contributed by atoms with Gasteiger partial charge in [-0.05, 0) is 64.2 Å². The molecule has 0 aromatic rings. The molecule has 0 radical (unpaired) electrons. The Morgan fingerprint density at radius 2 is 0.692 bits per heavy atom. The lowest BCUT2D eigenvalue weighted by molar-refractivity contribution is -0.150. The molecule has 0 aliphatic heterocycles. The van der Waals surface area contributed by atoms with Gasteiger partial charge in [0, 0.05) is 12.8 Å². The highest BCUT2D eigenvalue weighted by atomic mass is 16.5. The van der Waals surface area contributed by atoms with Crippen molar-refractivity contribution in [1.29, 1.82) is 0 Å². The number of carboxylic acid groups (broad SMARTS) is 1. The lowest BCUT2D eigenvalue weighted by Gasteiger charge is -2.18. The summed E-state index contributed by atoms with van der Waals surface area (Å²) < 4.78 is 6.04. The van der Waals surface area contributed by atoms with Gasteiger partial charge in [0.1, 0.15) is 6.10 Å². The number of carbonyl (C=O) groups is 2. The lowest BCUT2D eigenvalue weighted by atomic mass is 10.0. The molecule has 0 aromatic carbocycles. The highest BCUT2D eigenvalue weighted by Gasteiger charge is 2.14. The Balaban J connectivity index is 3.69. The molecule has 1 unspecified atom stereocenters. The number of carboxylic acids is 1. The zero-order chi connectivity index (χ0) is 37.8. The molecule has 0 aromatic heterocycles. The van der Waals surface area contributed by atoms with Crippen LogP contribution in [0, 0.1) is 0 Å². The van der Waals surface area contributed by atoms with Crippen molar-refractivity contribution in [3.05, 3.63) is 12.2 Å². The zero-order valence-electron chi connectivity index (χ0n) is 35.4. The molecule has 0 saturated carbocycles. The largest absolute Gasteiger partial charge is 0.481 e. The normalized spacial score (nSPS) is 12.2. The van der Waals surface area contributed by atoms with Crippen LogP contribution in [0.5, 0.6) is 0 Å². The third kappa shape index (κ3) is 43.1. The summed E-state index contributed by atoms with van der Waals surface area (Å²) in [6.07, 6.45) is 55.8. The average Bonchev–Trinajstić information content (AvgIpc) is 3.13. The highest BCUT2D eigenvalue weighted by Crippen LogP contribution is 2.19. The fraction of sp³-hybridized carbons (Fsp3) is 0.917. The Hall–Kier alpha value is -1.32. The molecule has 0 rings (SSSR count). The molecule has 52 heavy (non-hydrogen) atoms. The molecule has 1 atom stereocenters. The fourth-order valence-electron chi connectivity index (χ4n) is 7.48. The van der Waals surface area contributed by atoms with Crippen molar-refractivity contribution in [2.24, 2.45) is 0 Å². The van der Waals surface area contributed by atoms with Gasteiger partial charge in [-0.1, -0.05) is 212 Å². The van der Waals surface area contributed by atoms with Crippen LogP contribution in [0.25, 0.3) is 0 Å². The van der Waals surface area contributed by atoms with E-state index in [1.165, 1.54) is 218 Å². The molecule has 0 saturated heterocycles. The van der Waals surface area contributed by atoms with Gasteiger partial charge in [0.05, 0.1) is 0 Å². The number of carbonyl (C=O) groups excluding carboxylic acids is 1. The minimum absolute atomic E-state index is 0.0481. The molecule has 0 aliphatic rings. The van der Waals surface area contributed by atoms with E-state index in [2.05, 4.69) is 26.0 Å².